The van der Waals surface area contributed by atoms with Crippen LogP contribution in [0.5, 0.6) is 0 Å². The molecular weight excluding hydrogens is 331 g/mol. The van der Waals surface area contributed by atoms with Gasteiger partial charge in [-0.25, -0.2) is 0 Å². The number of benzene rings is 2. The van der Waals surface area contributed by atoms with Crippen molar-refractivity contribution in [2.24, 2.45) is 5.92 Å². The monoisotopic (exact) mass is 357 g/mol. The molecule has 2 rings (SSSR count). The molecular formula is C19H26NaO3S. The largest absolute Gasteiger partial charge is 0.295 e. The van der Waals surface area contributed by atoms with E-state index in [4.69, 9.17) is 0 Å². The molecule has 1 N–H and O–H groups in total. The third-order valence-electron chi connectivity index (χ3n) is 4.20. The second-order valence-corrected chi connectivity index (χ2v) is 7.96. The molecule has 0 aromatic heterocycles. The number of aryl methyl sites for hydroxylation is 1. The minimum absolute atomic E-state index is 0. The number of unbranched alkanes of at least 4 members (excludes halogenated alkanes) is 3. The molecule has 5 heteroatoms. The van der Waals surface area contributed by atoms with E-state index in [2.05, 4.69) is 13.8 Å². The van der Waals surface area contributed by atoms with Crippen LogP contribution in [0.3, 0.4) is 0 Å². The predicted octanol–water partition coefficient (Wildman–Crippen LogP) is 4.85. The summed E-state index contributed by atoms with van der Waals surface area (Å²) < 4.78 is 33.3. The zero-order valence-corrected chi connectivity index (χ0v) is 17.8. The first-order valence-corrected chi connectivity index (χ1v) is 9.81. The van der Waals surface area contributed by atoms with Crippen molar-refractivity contribution in [3.8, 4) is 0 Å². The van der Waals surface area contributed by atoms with E-state index < -0.39 is 10.1 Å². The predicted molar refractivity (Wildman–Crippen MR) is 101 cm³/mol. The number of hydrogen-bond acceptors (Lipinski definition) is 2. The van der Waals surface area contributed by atoms with Crippen molar-refractivity contribution >= 4 is 50.4 Å². The maximum Gasteiger partial charge on any atom is 0.295 e. The summed E-state index contributed by atoms with van der Waals surface area (Å²) in [6, 6.07) is 11.0. The zero-order chi connectivity index (χ0) is 16.9. The molecule has 0 fully saturated rings. The van der Waals surface area contributed by atoms with Crippen molar-refractivity contribution in [3.63, 3.8) is 0 Å². The Labute approximate surface area is 167 Å². The molecule has 24 heavy (non-hydrogen) atoms. The third-order valence-corrected chi connectivity index (χ3v) is 5.19. The van der Waals surface area contributed by atoms with Gasteiger partial charge < -0.3 is 0 Å². The van der Waals surface area contributed by atoms with Crippen LogP contribution < -0.4 is 0 Å². The zero-order valence-electron chi connectivity index (χ0n) is 15.0. The van der Waals surface area contributed by atoms with E-state index in [1.54, 1.807) is 12.1 Å². The Hall–Kier alpha value is -0.390. The molecule has 0 bridgehead atoms. The van der Waals surface area contributed by atoms with Crippen molar-refractivity contribution in [2.45, 2.75) is 57.3 Å². The van der Waals surface area contributed by atoms with Gasteiger partial charge in [0, 0.05) is 34.9 Å². The Morgan fingerprint density at radius 2 is 1.62 bits per heavy atom. The summed E-state index contributed by atoms with van der Waals surface area (Å²) in [7, 11) is -4.22. The number of fused-ring (bicyclic) bond motifs is 1. The van der Waals surface area contributed by atoms with E-state index >= 15 is 0 Å². The first-order valence-electron chi connectivity index (χ1n) is 8.37. The molecule has 2 aromatic carbocycles. The Kier molecular flexibility index (Phi) is 8.96. The molecule has 0 aliphatic rings. The van der Waals surface area contributed by atoms with E-state index in [1.807, 2.05) is 24.3 Å². The van der Waals surface area contributed by atoms with Crippen molar-refractivity contribution in [3.05, 3.63) is 42.0 Å². The maximum absolute atomic E-state index is 11.8. The van der Waals surface area contributed by atoms with Gasteiger partial charge in [-0.05, 0) is 29.7 Å². The fourth-order valence-electron chi connectivity index (χ4n) is 3.01. The van der Waals surface area contributed by atoms with Crippen molar-refractivity contribution in [2.75, 3.05) is 0 Å². The molecule has 0 saturated heterocycles. The normalized spacial score (nSPS) is 11.7. The quantitative estimate of drug-likeness (QED) is 0.417. The van der Waals surface area contributed by atoms with Crippen LogP contribution in [-0.4, -0.2) is 42.5 Å². The van der Waals surface area contributed by atoms with Gasteiger partial charge in [-0.2, -0.15) is 8.42 Å². The van der Waals surface area contributed by atoms with Crippen LogP contribution >= 0.6 is 0 Å². The fourth-order valence-corrected chi connectivity index (χ4v) is 3.98. The Balaban J connectivity index is 0.00000288. The molecule has 1 radical (unpaired) electrons. The van der Waals surface area contributed by atoms with E-state index in [1.165, 1.54) is 19.3 Å². The molecule has 0 heterocycles. The second-order valence-electron chi connectivity index (χ2n) is 6.60. The van der Waals surface area contributed by atoms with Crippen molar-refractivity contribution < 1.29 is 13.0 Å². The van der Waals surface area contributed by atoms with E-state index in [-0.39, 0.29) is 34.5 Å². The summed E-state index contributed by atoms with van der Waals surface area (Å²) >= 11 is 0. The minimum atomic E-state index is -4.22. The summed E-state index contributed by atoms with van der Waals surface area (Å²) in [5.74, 6) is 0.738. The summed E-state index contributed by atoms with van der Waals surface area (Å²) in [5, 5.41) is 1.44. The van der Waals surface area contributed by atoms with Crippen molar-refractivity contribution in [1.29, 1.82) is 0 Å². The first-order chi connectivity index (χ1) is 10.9. The molecule has 0 spiro atoms. The van der Waals surface area contributed by atoms with E-state index in [0.717, 1.165) is 29.7 Å². The summed E-state index contributed by atoms with van der Waals surface area (Å²) in [6.45, 7) is 4.46. The van der Waals surface area contributed by atoms with Gasteiger partial charge >= 0.3 is 0 Å². The van der Waals surface area contributed by atoms with Gasteiger partial charge in [-0.1, -0.05) is 75.9 Å². The third kappa shape index (κ3) is 6.16. The van der Waals surface area contributed by atoms with Crippen LogP contribution in [0.2, 0.25) is 0 Å². The fraction of sp³-hybridized carbons (Fsp3) is 0.474. The standard InChI is InChI=1S/C19H26O3S.Na/c1-15(2)9-5-3-4-6-11-17-14-13-16-10-7-8-12-18(16)19(17)23(20,21)22;/h7-8,10,12-15H,3-6,9,11H2,1-2H3,(H,20,21,22);. The molecule has 0 atom stereocenters. The van der Waals surface area contributed by atoms with Crippen LogP contribution in [0.25, 0.3) is 10.8 Å². The molecule has 2 aromatic rings. The smallest absolute Gasteiger partial charge is 0.282 e. The van der Waals surface area contributed by atoms with Gasteiger partial charge in [0.25, 0.3) is 10.1 Å². The van der Waals surface area contributed by atoms with Crippen LogP contribution in [0.1, 0.15) is 51.5 Å². The number of rotatable bonds is 8. The molecule has 127 valence electrons. The molecule has 0 aliphatic carbocycles. The second kappa shape index (κ2) is 9.93. The van der Waals surface area contributed by atoms with Crippen LogP contribution in [0.15, 0.2) is 41.3 Å². The van der Waals surface area contributed by atoms with Gasteiger partial charge in [-0.3, -0.25) is 4.55 Å². The van der Waals surface area contributed by atoms with Crippen LogP contribution in [0, 0.1) is 5.92 Å². The van der Waals surface area contributed by atoms with Gasteiger partial charge in [0.15, 0.2) is 0 Å². The Bertz CT molecular complexity index is 754. The first kappa shape index (κ1) is 21.7. The molecule has 3 nitrogen and oxygen atoms in total. The Morgan fingerprint density at radius 3 is 2.29 bits per heavy atom. The molecule has 0 amide bonds. The van der Waals surface area contributed by atoms with Crippen molar-refractivity contribution in [1.82, 2.24) is 0 Å². The average molecular weight is 357 g/mol. The SMILES string of the molecule is CC(C)CCCCCCc1ccc2ccccc2c1S(=O)(=O)O.[Na]. The van der Waals surface area contributed by atoms with E-state index in [9.17, 15) is 13.0 Å². The summed E-state index contributed by atoms with van der Waals surface area (Å²) in [6.07, 6.45) is 6.35. The van der Waals surface area contributed by atoms with Gasteiger partial charge in [0.05, 0.1) is 0 Å². The van der Waals surface area contributed by atoms with Crippen LogP contribution in [0.4, 0.5) is 0 Å². The average Bonchev–Trinajstić information content (AvgIpc) is 2.48. The summed E-state index contributed by atoms with van der Waals surface area (Å²) in [5.41, 5.74) is 0.718. The minimum Gasteiger partial charge on any atom is -0.282 e. The Morgan fingerprint density at radius 1 is 0.958 bits per heavy atom. The van der Waals surface area contributed by atoms with Gasteiger partial charge in [0.1, 0.15) is 4.90 Å². The number of hydrogen-bond donors (Lipinski definition) is 1. The van der Waals surface area contributed by atoms with Gasteiger partial charge in [-0.15, -0.1) is 0 Å². The summed E-state index contributed by atoms with van der Waals surface area (Å²) in [4.78, 5) is 0.0813. The van der Waals surface area contributed by atoms with E-state index in [0.29, 0.717) is 11.8 Å². The maximum atomic E-state index is 11.8. The molecule has 0 unspecified atom stereocenters. The van der Waals surface area contributed by atoms with Crippen LogP contribution in [-0.2, 0) is 16.5 Å². The topological polar surface area (TPSA) is 54.4 Å². The molecule has 0 saturated carbocycles. The van der Waals surface area contributed by atoms with Gasteiger partial charge in [0.2, 0.25) is 0 Å². The molecule has 0 aliphatic heterocycles.